The standard InChI is InChI=1S/C13H11BrClN3OS/c14-8-1-3-11(10(15)5-8)18-13(19)7-20-9-2-4-12(16)17-6-9/h1-6H,7H2,(H2,16,17)(H,18,19). The molecule has 0 bridgehead atoms. The summed E-state index contributed by atoms with van der Waals surface area (Å²) in [7, 11) is 0. The molecule has 0 aliphatic rings. The van der Waals surface area contributed by atoms with E-state index in [9.17, 15) is 4.79 Å². The Hall–Kier alpha value is -1.24. The van der Waals surface area contributed by atoms with Gasteiger partial charge >= 0.3 is 0 Å². The van der Waals surface area contributed by atoms with Gasteiger partial charge in [0, 0.05) is 15.6 Å². The second-order valence-corrected chi connectivity index (χ2v) is 6.25. The molecule has 0 spiro atoms. The van der Waals surface area contributed by atoms with Gasteiger partial charge in [0.05, 0.1) is 16.5 Å². The van der Waals surface area contributed by atoms with Gasteiger partial charge in [-0.25, -0.2) is 4.98 Å². The molecular weight excluding hydrogens is 362 g/mol. The third-order valence-electron chi connectivity index (χ3n) is 2.33. The molecule has 0 saturated heterocycles. The lowest BCUT2D eigenvalue weighted by Crippen LogP contribution is -2.14. The van der Waals surface area contributed by atoms with Crippen LogP contribution in [0.15, 0.2) is 45.9 Å². The average molecular weight is 373 g/mol. The number of carbonyl (C=O) groups is 1. The van der Waals surface area contributed by atoms with Gasteiger partial charge in [-0.3, -0.25) is 4.79 Å². The van der Waals surface area contributed by atoms with E-state index in [1.165, 1.54) is 11.8 Å². The summed E-state index contributed by atoms with van der Waals surface area (Å²) in [6.07, 6.45) is 1.64. The number of nitrogens with two attached hydrogens (primary N) is 1. The summed E-state index contributed by atoms with van der Waals surface area (Å²) < 4.78 is 0.864. The quantitative estimate of drug-likeness (QED) is 0.801. The number of aromatic nitrogens is 1. The third-order valence-corrected chi connectivity index (χ3v) is 4.12. The van der Waals surface area contributed by atoms with Crippen LogP contribution < -0.4 is 11.1 Å². The summed E-state index contributed by atoms with van der Waals surface area (Å²) in [4.78, 5) is 16.7. The SMILES string of the molecule is Nc1ccc(SCC(=O)Nc2ccc(Br)cc2Cl)cn1. The lowest BCUT2D eigenvalue weighted by Gasteiger charge is -2.07. The van der Waals surface area contributed by atoms with Crippen molar-refractivity contribution in [3.8, 4) is 0 Å². The Morgan fingerprint density at radius 2 is 2.20 bits per heavy atom. The smallest absolute Gasteiger partial charge is 0.234 e. The molecule has 1 heterocycles. The highest BCUT2D eigenvalue weighted by atomic mass is 79.9. The van der Waals surface area contributed by atoms with Gasteiger partial charge in [0.15, 0.2) is 0 Å². The fourth-order valence-corrected chi connectivity index (χ4v) is 2.79. The van der Waals surface area contributed by atoms with Crippen LogP contribution in [0.4, 0.5) is 11.5 Å². The Labute approximate surface area is 134 Å². The third kappa shape index (κ3) is 4.40. The van der Waals surface area contributed by atoms with Gasteiger partial charge in [-0.1, -0.05) is 27.5 Å². The summed E-state index contributed by atoms with van der Waals surface area (Å²) in [5.74, 6) is 0.606. The van der Waals surface area contributed by atoms with Crippen LogP contribution in [0.3, 0.4) is 0 Å². The molecule has 1 aromatic heterocycles. The van der Waals surface area contributed by atoms with E-state index in [1.54, 1.807) is 24.4 Å². The molecule has 3 N–H and O–H groups in total. The first-order chi connectivity index (χ1) is 9.54. The fraction of sp³-hybridized carbons (Fsp3) is 0.0769. The molecule has 0 unspecified atom stereocenters. The zero-order chi connectivity index (χ0) is 14.5. The topological polar surface area (TPSA) is 68.0 Å². The lowest BCUT2D eigenvalue weighted by molar-refractivity contribution is -0.113. The Balaban J connectivity index is 1.90. The van der Waals surface area contributed by atoms with Crippen molar-refractivity contribution >= 4 is 56.7 Å². The number of thioether (sulfide) groups is 1. The maximum Gasteiger partial charge on any atom is 0.234 e. The molecule has 0 atom stereocenters. The van der Waals surface area contributed by atoms with Gasteiger partial charge in [-0.2, -0.15) is 0 Å². The maximum absolute atomic E-state index is 11.8. The number of nitrogens with zero attached hydrogens (tertiary/aromatic N) is 1. The van der Waals surface area contributed by atoms with Crippen LogP contribution in [-0.4, -0.2) is 16.6 Å². The highest BCUT2D eigenvalue weighted by Crippen LogP contribution is 2.26. The second kappa shape index (κ2) is 6.97. The van der Waals surface area contributed by atoms with Crippen molar-refractivity contribution in [1.29, 1.82) is 0 Å². The van der Waals surface area contributed by atoms with Gasteiger partial charge in [-0.05, 0) is 30.3 Å². The van der Waals surface area contributed by atoms with Gasteiger partial charge in [0.1, 0.15) is 5.82 Å². The van der Waals surface area contributed by atoms with E-state index >= 15 is 0 Å². The Morgan fingerprint density at radius 3 is 2.85 bits per heavy atom. The van der Waals surface area contributed by atoms with E-state index < -0.39 is 0 Å². The van der Waals surface area contributed by atoms with Crippen molar-refractivity contribution < 1.29 is 4.79 Å². The summed E-state index contributed by atoms with van der Waals surface area (Å²) in [5, 5.41) is 3.25. The van der Waals surface area contributed by atoms with Crippen molar-refractivity contribution in [2.24, 2.45) is 0 Å². The minimum atomic E-state index is -0.129. The molecule has 0 aliphatic heterocycles. The van der Waals surface area contributed by atoms with Crippen LogP contribution in [0.2, 0.25) is 5.02 Å². The molecular formula is C13H11BrClN3OS. The summed E-state index contributed by atoms with van der Waals surface area (Å²) in [6.45, 7) is 0. The molecule has 1 amide bonds. The van der Waals surface area contributed by atoms with E-state index in [4.69, 9.17) is 17.3 Å². The minimum Gasteiger partial charge on any atom is -0.384 e. The van der Waals surface area contributed by atoms with Gasteiger partial charge in [-0.15, -0.1) is 11.8 Å². The predicted molar refractivity (Wildman–Crippen MR) is 87.2 cm³/mol. The minimum absolute atomic E-state index is 0.129. The molecule has 2 rings (SSSR count). The van der Waals surface area contributed by atoms with E-state index in [2.05, 4.69) is 26.2 Å². The average Bonchev–Trinajstić information content (AvgIpc) is 2.41. The van der Waals surface area contributed by atoms with Crippen LogP contribution in [0.25, 0.3) is 0 Å². The molecule has 20 heavy (non-hydrogen) atoms. The Bertz CT molecular complexity index is 622. The van der Waals surface area contributed by atoms with E-state index in [0.717, 1.165) is 9.37 Å². The Morgan fingerprint density at radius 1 is 1.40 bits per heavy atom. The number of pyridine rings is 1. The number of carbonyl (C=O) groups excluding carboxylic acids is 1. The number of rotatable bonds is 4. The first-order valence-corrected chi connectivity index (χ1v) is 7.79. The van der Waals surface area contributed by atoms with E-state index in [1.807, 2.05) is 12.1 Å². The lowest BCUT2D eigenvalue weighted by atomic mass is 10.3. The zero-order valence-electron chi connectivity index (χ0n) is 10.3. The van der Waals surface area contributed by atoms with Crippen LogP contribution in [0.5, 0.6) is 0 Å². The molecule has 2 aromatic rings. The van der Waals surface area contributed by atoms with Crippen molar-refractivity contribution in [2.45, 2.75) is 4.90 Å². The fourth-order valence-electron chi connectivity index (χ4n) is 1.40. The number of anilines is 2. The van der Waals surface area contributed by atoms with E-state index in [-0.39, 0.29) is 11.7 Å². The van der Waals surface area contributed by atoms with Gasteiger partial charge in [0.2, 0.25) is 5.91 Å². The highest BCUT2D eigenvalue weighted by molar-refractivity contribution is 9.10. The molecule has 104 valence electrons. The number of halogens is 2. The van der Waals surface area contributed by atoms with Gasteiger partial charge < -0.3 is 11.1 Å². The summed E-state index contributed by atoms with van der Waals surface area (Å²) >= 11 is 10.7. The predicted octanol–water partition coefficient (Wildman–Crippen LogP) is 3.81. The van der Waals surface area contributed by atoms with Gasteiger partial charge in [0.25, 0.3) is 0 Å². The second-order valence-electron chi connectivity index (χ2n) is 3.88. The van der Waals surface area contributed by atoms with Crippen molar-refractivity contribution in [3.05, 3.63) is 46.0 Å². The number of benzene rings is 1. The van der Waals surface area contributed by atoms with Crippen LogP contribution in [-0.2, 0) is 4.79 Å². The van der Waals surface area contributed by atoms with Crippen LogP contribution in [0, 0.1) is 0 Å². The molecule has 0 aliphatic carbocycles. The van der Waals surface area contributed by atoms with Crippen molar-refractivity contribution in [1.82, 2.24) is 4.98 Å². The molecule has 4 nitrogen and oxygen atoms in total. The summed E-state index contributed by atoms with van der Waals surface area (Å²) in [5.41, 5.74) is 6.09. The molecule has 7 heteroatoms. The number of nitrogens with one attached hydrogen (secondary N) is 1. The summed E-state index contributed by atoms with van der Waals surface area (Å²) in [6, 6.07) is 8.82. The van der Waals surface area contributed by atoms with Crippen LogP contribution >= 0.6 is 39.3 Å². The Kier molecular flexibility index (Phi) is 5.28. The van der Waals surface area contributed by atoms with Crippen LogP contribution in [0.1, 0.15) is 0 Å². The number of hydrogen-bond donors (Lipinski definition) is 2. The first kappa shape index (κ1) is 15.2. The maximum atomic E-state index is 11.8. The molecule has 0 fully saturated rings. The van der Waals surface area contributed by atoms with Crippen molar-refractivity contribution in [3.63, 3.8) is 0 Å². The molecule has 0 saturated carbocycles. The van der Waals surface area contributed by atoms with E-state index in [0.29, 0.717) is 16.5 Å². The number of nitrogen functional groups attached to an aromatic ring is 1. The normalized spacial score (nSPS) is 10.3. The number of amides is 1. The monoisotopic (exact) mass is 371 g/mol. The molecule has 0 radical (unpaired) electrons. The largest absolute Gasteiger partial charge is 0.384 e. The molecule has 1 aromatic carbocycles. The number of hydrogen-bond acceptors (Lipinski definition) is 4. The zero-order valence-corrected chi connectivity index (χ0v) is 13.4. The highest BCUT2D eigenvalue weighted by Gasteiger charge is 2.07. The van der Waals surface area contributed by atoms with Crippen molar-refractivity contribution in [2.75, 3.05) is 16.8 Å². The first-order valence-electron chi connectivity index (χ1n) is 5.64.